The van der Waals surface area contributed by atoms with Crippen LogP contribution in [0.15, 0.2) is 18.2 Å². The summed E-state index contributed by atoms with van der Waals surface area (Å²) in [6.45, 7) is 5.60. The van der Waals surface area contributed by atoms with Gasteiger partial charge in [0.2, 0.25) is 0 Å². The van der Waals surface area contributed by atoms with E-state index in [1.54, 1.807) is 18.2 Å². The lowest BCUT2D eigenvalue weighted by Crippen LogP contribution is -2.34. The molecule has 0 bridgehead atoms. The molecule has 102 valence electrons. The van der Waals surface area contributed by atoms with Crippen LogP contribution in [0.2, 0.25) is 5.02 Å². The summed E-state index contributed by atoms with van der Waals surface area (Å²) in [6, 6.07) is 4.95. The van der Waals surface area contributed by atoms with E-state index in [1.165, 1.54) is 0 Å². The summed E-state index contributed by atoms with van der Waals surface area (Å²) in [5, 5.41) is 0.155. The molecule has 2 N–H and O–H groups in total. The average molecular weight is 273 g/mol. The highest BCUT2D eigenvalue weighted by molar-refractivity contribution is 6.30. The molecule has 4 heteroatoms. The van der Waals surface area contributed by atoms with Crippen LogP contribution in [0.25, 0.3) is 0 Å². The van der Waals surface area contributed by atoms with Crippen LogP contribution < -0.4 is 5.73 Å². The maximum absolute atomic E-state index is 14.0. The predicted molar refractivity (Wildman–Crippen MR) is 75.3 cm³/mol. The molecular weight excluding hydrogens is 251 g/mol. The normalized spacial score (nSPS) is 14.8. The fourth-order valence-electron chi connectivity index (χ4n) is 2.07. The maximum atomic E-state index is 14.0. The van der Waals surface area contributed by atoms with Crippen molar-refractivity contribution >= 4 is 11.6 Å². The highest BCUT2D eigenvalue weighted by Gasteiger charge is 2.21. The maximum Gasteiger partial charge on any atom is 0.146 e. The first-order valence-electron chi connectivity index (χ1n) is 6.35. The number of rotatable bonds is 6. The zero-order valence-corrected chi connectivity index (χ0v) is 12.0. The summed E-state index contributed by atoms with van der Waals surface area (Å²) in [5.41, 5.74) is 6.37. The van der Waals surface area contributed by atoms with E-state index in [1.807, 2.05) is 7.05 Å². The van der Waals surface area contributed by atoms with Crippen LogP contribution in [-0.4, -0.2) is 25.0 Å². The standard InChI is InChI=1S/C14H22ClFN2/c1-4-10(2)9-18(3)13(8-17)11-6-5-7-12(15)14(11)16/h5-7,10,13H,4,8-9,17H2,1-3H3. The Morgan fingerprint density at radius 1 is 1.44 bits per heavy atom. The van der Waals surface area contributed by atoms with Crippen LogP contribution in [0.1, 0.15) is 31.9 Å². The van der Waals surface area contributed by atoms with Crippen molar-refractivity contribution in [3.05, 3.63) is 34.6 Å². The Morgan fingerprint density at radius 2 is 2.11 bits per heavy atom. The van der Waals surface area contributed by atoms with Crippen LogP contribution in [0, 0.1) is 11.7 Å². The molecule has 0 heterocycles. The second-order valence-corrected chi connectivity index (χ2v) is 5.25. The Morgan fingerprint density at radius 3 is 2.67 bits per heavy atom. The molecule has 0 aliphatic heterocycles. The molecule has 0 amide bonds. The molecule has 2 atom stereocenters. The van der Waals surface area contributed by atoms with Crippen molar-refractivity contribution in [2.45, 2.75) is 26.3 Å². The molecule has 1 aromatic rings. The van der Waals surface area contributed by atoms with Crippen LogP contribution in [0.4, 0.5) is 4.39 Å². The molecule has 0 aliphatic rings. The first-order chi connectivity index (χ1) is 8.51. The summed E-state index contributed by atoms with van der Waals surface area (Å²) in [4.78, 5) is 2.10. The number of likely N-dealkylation sites (N-methyl/N-ethyl adjacent to an activating group) is 1. The fourth-order valence-corrected chi connectivity index (χ4v) is 2.25. The number of benzene rings is 1. The number of hydrogen-bond acceptors (Lipinski definition) is 2. The molecule has 0 radical (unpaired) electrons. The predicted octanol–water partition coefficient (Wildman–Crippen LogP) is 3.46. The monoisotopic (exact) mass is 272 g/mol. The van der Waals surface area contributed by atoms with Crippen molar-refractivity contribution in [3.63, 3.8) is 0 Å². The molecule has 2 nitrogen and oxygen atoms in total. The Hall–Kier alpha value is -0.640. The molecule has 0 saturated heterocycles. The lowest BCUT2D eigenvalue weighted by atomic mass is 10.0. The molecule has 0 aromatic heterocycles. The van der Waals surface area contributed by atoms with Gasteiger partial charge in [0.1, 0.15) is 5.82 Å². The van der Waals surface area contributed by atoms with Crippen LogP contribution >= 0.6 is 11.6 Å². The molecule has 1 aromatic carbocycles. The summed E-state index contributed by atoms with van der Waals surface area (Å²) in [5.74, 6) is 0.205. The minimum absolute atomic E-state index is 0.127. The largest absolute Gasteiger partial charge is 0.329 e. The summed E-state index contributed by atoms with van der Waals surface area (Å²) >= 11 is 5.82. The fraction of sp³-hybridized carbons (Fsp3) is 0.571. The van der Waals surface area contributed by atoms with Gasteiger partial charge < -0.3 is 5.73 Å². The lowest BCUT2D eigenvalue weighted by Gasteiger charge is -2.29. The van der Waals surface area contributed by atoms with Gasteiger partial charge >= 0.3 is 0 Å². The smallest absolute Gasteiger partial charge is 0.146 e. The van der Waals surface area contributed by atoms with Gasteiger partial charge in [-0.2, -0.15) is 0 Å². The van der Waals surface area contributed by atoms with Crippen LogP contribution in [0.3, 0.4) is 0 Å². The second kappa shape index (κ2) is 7.07. The molecule has 0 spiro atoms. The van der Waals surface area contributed by atoms with Crippen LogP contribution in [0.5, 0.6) is 0 Å². The van der Waals surface area contributed by atoms with E-state index in [0.717, 1.165) is 13.0 Å². The zero-order valence-electron chi connectivity index (χ0n) is 11.3. The number of halogens is 2. The van der Waals surface area contributed by atoms with Gasteiger partial charge in [-0.05, 0) is 19.0 Å². The zero-order chi connectivity index (χ0) is 13.7. The third kappa shape index (κ3) is 3.67. The van der Waals surface area contributed by atoms with Crippen molar-refractivity contribution in [1.82, 2.24) is 4.90 Å². The van der Waals surface area contributed by atoms with E-state index < -0.39 is 0 Å². The molecule has 18 heavy (non-hydrogen) atoms. The first-order valence-corrected chi connectivity index (χ1v) is 6.73. The first kappa shape index (κ1) is 15.4. The SMILES string of the molecule is CCC(C)CN(C)C(CN)c1cccc(Cl)c1F. The molecule has 0 fully saturated rings. The van der Waals surface area contributed by atoms with Crippen molar-refractivity contribution in [3.8, 4) is 0 Å². The topological polar surface area (TPSA) is 29.3 Å². The number of hydrogen-bond donors (Lipinski definition) is 1. The average Bonchev–Trinajstić information content (AvgIpc) is 2.35. The molecule has 0 aliphatic carbocycles. The van der Waals surface area contributed by atoms with Gasteiger partial charge in [-0.25, -0.2) is 4.39 Å². The van der Waals surface area contributed by atoms with Gasteiger partial charge in [0.25, 0.3) is 0 Å². The van der Waals surface area contributed by atoms with E-state index in [9.17, 15) is 4.39 Å². The second-order valence-electron chi connectivity index (χ2n) is 4.85. The Labute approximate surface area is 114 Å². The minimum atomic E-state index is -0.356. The number of nitrogens with two attached hydrogens (primary N) is 1. The third-order valence-electron chi connectivity index (χ3n) is 3.39. The van der Waals surface area contributed by atoms with Crippen molar-refractivity contribution in [2.24, 2.45) is 11.7 Å². The molecule has 0 saturated carbocycles. The van der Waals surface area contributed by atoms with Crippen molar-refractivity contribution < 1.29 is 4.39 Å². The molecular formula is C14H22ClFN2. The summed E-state index contributed by atoms with van der Waals surface area (Å²) in [6.07, 6.45) is 1.10. The summed E-state index contributed by atoms with van der Waals surface area (Å²) < 4.78 is 14.0. The van der Waals surface area contributed by atoms with Crippen molar-refractivity contribution in [1.29, 1.82) is 0 Å². The quantitative estimate of drug-likeness (QED) is 0.859. The Balaban J connectivity index is 2.91. The lowest BCUT2D eigenvalue weighted by molar-refractivity contribution is 0.211. The minimum Gasteiger partial charge on any atom is -0.329 e. The van der Waals surface area contributed by atoms with E-state index in [0.29, 0.717) is 18.0 Å². The molecule has 1 rings (SSSR count). The van der Waals surface area contributed by atoms with Gasteiger partial charge in [-0.3, -0.25) is 4.90 Å². The van der Waals surface area contributed by atoms with Crippen molar-refractivity contribution in [2.75, 3.05) is 20.1 Å². The molecule has 2 unspecified atom stereocenters. The summed E-state index contributed by atoms with van der Waals surface area (Å²) in [7, 11) is 1.98. The third-order valence-corrected chi connectivity index (χ3v) is 3.68. The van der Waals surface area contributed by atoms with E-state index in [-0.39, 0.29) is 16.9 Å². The van der Waals surface area contributed by atoms with E-state index >= 15 is 0 Å². The van der Waals surface area contributed by atoms with Gasteiger partial charge in [0, 0.05) is 24.7 Å². The number of nitrogens with zero attached hydrogens (tertiary/aromatic N) is 1. The van der Waals surface area contributed by atoms with E-state index in [2.05, 4.69) is 18.7 Å². The van der Waals surface area contributed by atoms with Crippen LogP contribution in [-0.2, 0) is 0 Å². The van der Waals surface area contributed by atoms with Gasteiger partial charge in [-0.1, -0.05) is 44.0 Å². The highest BCUT2D eigenvalue weighted by Crippen LogP contribution is 2.26. The van der Waals surface area contributed by atoms with Gasteiger partial charge in [-0.15, -0.1) is 0 Å². The van der Waals surface area contributed by atoms with E-state index in [4.69, 9.17) is 17.3 Å². The highest BCUT2D eigenvalue weighted by atomic mass is 35.5. The Kier molecular flexibility index (Phi) is 6.06. The van der Waals surface area contributed by atoms with Gasteiger partial charge in [0.15, 0.2) is 0 Å². The van der Waals surface area contributed by atoms with Gasteiger partial charge in [0.05, 0.1) is 5.02 Å². The Bertz CT molecular complexity index is 384.